The van der Waals surface area contributed by atoms with Crippen LogP contribution in [0.4, 0.5) is 5.69 Å². The van der Waals surface area contributed by atoms with Crippen LogP contribution in [-0.4, -0.2) is 36.3 Å². The minimum Gasteiger partial charge on any atom is -0.383 e. The van der Waals surface area contributed by atoms with Crippen LogP contribution in [-0.2, 0) is 0 Å². The van der Waals surface area contributed by atoms with Crippen molar-refractivity contribution in [1.82, 2.24) is 4.90 Å². The molecule has 1 aliphatic heterocycles. The number of likely N-dealkylation sites (tertiary alicyclic amines) is 1. The fraction of sp³-hybridized carbons (Fsp3) is 0.667. The van der Waals surface area contributed by atoms with Gasteiger partial charge in [0, 0.05) is 28.4 Å². The fourth-order valence-electron chi connectivity index (χ4n) is 3.53. The third-order valence-electron chi connectivity index (χ3n) is 4.93. The Balaban J connectivity index is 1.59. The van der Waals surface area contributed by atoms with Gasteiger partial charge >= 0.3 is 0 Å². The van der Waals surface area contributed by atoms with E-state index >= 15 is 0 Å². The standard InChI is InChI=1S/C18H28N2S/c1-20-13-7-6-8-15(20)14-19-17-11-4-5-12-18(17)21-16-9-2-3-10-16/h4-5,11-12,15-16,19H,2-3,6-10,13-14H2,1H3. The number of nitrogens with one attached hydrogen (secondary N) is 1. The van der Waals surface area contributed by atoms with Crippen LogP contribution in [0.15, 0.2) is 29.2 Å². The van der Waals surface area contributed by atoms with Crippen LogP contribution in [0.3, 0.4) is 0 Å². The fourth-order valence-corrected chi connectivity index (χ4v) is 4.88. The number of rotatable bonds is 5. The summed E-state index contributed by atoms with van der Waals surface area (Å²) >= 11 is 2.09. The molecule has 0 aromatic heterocycles. The largest absolute Gasteiger partial charge is 0.383 e. The molecule has 1 heterocycles. The number of para-hydroxylation sites is 1. The number of hydrogen-bond donors (Lipinski definition) is 1. The first-order valence-corrected chi connectivity index (χ1v) is 9.41. The van der Waals surface area contributed by atoms with Gasteiger partial charge in [-0.3, -0.25) is 0 Å². The van der Waals surface area contributed by atoms with Crippen LogP contribution in [0.1, 0.15) is 44.9 Å². The Bertz CT molecular complexity index is 443. The summed E-state index contributed by atoms with van der Waals surface area (Å²) in [6.45, 7) is 2.34. The highest BCUT2D eigenvalue weighted by Crippen LogP contribution is 2.38. The van der Waals surface area contributed by atoms with Crippen molar-refractivity contribution < 1.29 is 0 Å². The first kappa shape index (κ1) is 15.2. The van der Waals surface area contributed by atoms with Gasteiger partial charge < -0.3 is 10.2 Å². The zero-order valence-electron chi connectivity index (χ0n) is 13.2. The monoisotopic (exact) mass is 304 g/mol. The Morgan fingerprint density at radius 2 is 1.86 bits per heavy atom. The van der Waals surface area contributed by atoms with E-state index in [9.17, 15) is 0 Å². The number of benzene rings is 1. The molecule has 21 heavy (non-hydrogen) atoms. The molecule has 1 atom stereocenters. The van der Waals surface area contributed by atoms with E-state index in [4.69, 9.17) is 0 Å². The van der Waals surface area contributed by atoms with Crippen molar-refractivity contribution >= 4 is 17.4 Å². The first-order chi connectivity index (χ1) is 10.3. The molecule has 1 saturated carbocycles. The zero-order chi connectivity index (χ0) is 14.5. The second-order valence-corrected chi connectivity index (χ2v) is 7.87. The summed E-state index contributed by atoms with van der Waals surface area (Å²) in [5.41, 5.74) is 1.34. The van der Waals surface area contributed by atoms with Crippen molar-refractivity contribution in [3.63, 3.8) is 0 Å². The lowest BCUT2D eigenvalue weighted by atomic mass is 10.0. The Hall–Kier alpha value is -0.670. The molecule has 2 aliphatic rings. The average molecular weight is 305 g/mol. The summed E-state index contributed by atoms with van der Waals surface area (Å²) in [6.07, 6.45) is 9.70. The third-order valence-corrected chi connectivity index (χ3v) is 6.35. The summed E-state index contributed by atoms with van der Waals surface area (Å²) < 4.78 is 0. The second kappa shape index (κ2) is 7.55. The summed E-state index contributed by atoms with van der Waals surface area (Å²) in [6, 6.07) is 9.57. The highest BCUT2D eigenvalue weighted by molar-refractivity contribution is 8.00. The van der Waals surface area contributed by atoms with E-state index in [2.05, 4.69) is 53.3 Å². The number of piperidine rings is 1. The van der Waals surface area contributed by atoms with E-state index in [1.54, 1.807) is 0 Å². The van der Waals surface area contributed by atoms with Crippen LogP contribution in [0.5, 0.6) is 0 Å². The molecule has 0 bridgehead atoms. The Labute approximate surface area is 133 Å². The van der Waals surface area contributed by atoms with E-state index < -0.39 is 0 Å². The molecule has 1 aromatic carbocycles. The maximum Gasteiger partial charge on any atom is 0.0479 e. The molecule has 2 fully saturated rings. The van der Waals surface area contributed by atoms with Gasteiger partial charge in [0.25, 0.3) is 0 Å². The predicted octanol–water partition coefficient (Wildman–Crippen LogP) is 4.62. The van der Waals surface area contributed by atoms with Crippen molar-refractivity contribution in [1.29, 1.82) is 0 Å². The molecule has 3 rings (SSSR count). The van der Waals surface area contributed by atoms with Crippen LogP contribution in [0.25, 0.3) is 0 Å². The number of hydrogen-bond acceptors (Lipinski definition) is 3. The molecule has 0 amide bonds. The van der Waals surface area contributed by atoms with Crippen molar-refractivity contribution in [2.75, 3.05) is 25.5 Å². The molecule has 3 heteroatoms. The lowest BCUT2D eigenvalue weighted by molar-refractivity contribution is 0.194. The lowest BCUT2D eigenvalue weighted by Gasteiger charge is -2.33. The molecule has 0 spiro atoms. The molecule has 116 valence electrons. The molecule has 2 nitrogen and oxygen atoms in total. The van der Waals surface area contributed by atoms with Crippen LogP contribution in [0, 0.1) is 0 Å². The van der Waals surface area contributed by atoms with Crippen molar-refractivity contribution in [3.05, 3.63) is 24.3 Å². The zero-order valence-corrected chi connectivity index (χ0v) is 14.0. The van der Waals surface area contributed by atoms with Gasteiger partial charge in [-0.05, 0) is 51.4 Å². The summed E-state index contributed by atoms with van der Waals surface area (Å²) in [7, 11) is 2.27. The van der Waals surface area contributed by atoms with Gasteiger partial charge in [-0.2, -0.15) is 0 Å². The average Bonchev–Trinajstić information content (AvgIpc) is 3.01. The predicted molar refractivity (Wildman–Crippen MR) is 93.3 cm³/mol. The van der Waals surface area contributed by atoms with Crippen molar-refractivity contribution in [2.24, 2.45) is 0 Å². The number of thioether (sulfide) groups is 1. The van der Waals surface area contributed by atoms with Gasteiger partial charge in [0.2, 0.25) is 0 Å². The third kappa shape index (κ3) is 4.17. The Morgan fingerprint density at radius 1 is 1.10 bits per heavy atom. The summed E-state index contributed by atoms with van der Waals surface area (Å²) in [4.78, 5) is 3.96. The minimum absolute atomic E-state index is 0.697. The van der Waals surface area contributed by atoms with Gasteiger partial charge in [-0.1, -0.05) is 31.4 Å². The van der Waals surface area contributed by atoms with E-state index in [0.717, 1.165) is 11.8 Å². The van der Waals surface area contributed by atoms with E-state index in [-0.39, 0.29) is 0 Å². The number of nitrogens with zero attached hydrogens (tertiary/aromatic N) is 1. The molecular weight excluding hydrogens is 276 g/mol. The van der Waals surface area contributed by atoms with Gasteiger partial charge in [0.15, 0.2) is 0 Å². The van der Waals surface area contributed by atoms with E-state index in [0.29, 0.717) is 6.04 Å². The quantitative estimate of drug-likeness (QED) is 0.854. The molecule has 1 unspecified atom stereocenters. The molecule has 1 aromatic rings. The van der Waals surface area contributed by atoms with E-state index in [1.807, 2.05) is 0 Å². The minimum atomic E-state index is 0.697. The summed E-state index contributed by atoms with van der Waals surface area (Å²) in [5.74, 6) is 0. The van der Waals surface area contributed by atoms with Gasteiger partial charge in [0.1, 0.15) is 0 Å². The Kier molecular flexibility index (Phi) is 5.48. The van der Waals surface area contributed by atoms with Crippen molar-refractivity contribution in [3.8, 4) is 0 Å². The maximum atomic E-state index is 3.72. The topological polar surface area (TPSA) is 15.3 Å². The molecule has 1 aliphatic carbocycles. The normalized spacial score (nSPS) is 24.3. The number of anilines is 1. The number of likely N-dealkylation sites (N-methyl/N-ethyl adjacent to an activating group) is 1. The molecule has 1 saturated heterocycles. The SMILES string of the molecule is CN1CCCCC1CNc1ccccc1SC1CCCC1. The van der Waals surface area contributed by atoms with Gasteiger partial charge in [-0.15, -0.1) is 11.8 Å². The Morgan fingerprint density at radius 3 is 2.67 bits per heavy atom. The van der Waals surface area contributed by atoms with Crippen molar-refractivity contribution in [2.45, 2.75) is 61.1 Å². The first-order valence-electron chi connectivity index (χ1n) is 8.53. The molecule has 1 N–H and O–H groups in total. The van der Waals surface area contributed by atoms with Crippen LogP contribution in [0.2, 0.25) is 0 Å². The molecule has 0 radical (unpaired) electrons. The van der Waals surface area contributed by atoms with Gasteiger partial charge in [0.05, 0.1) is 0 Å². The lowest BCUT2D eigenvalue weighted by Crippen LogP contribution is -2.40. The van der Waals surface area contributed by atoms with Gasteiger partial charge in [-0.25, -0.2) is 0 Å². The smallest absolute Gasteiger partial charge is 0.0479 e. The highest BCUT2D eigenvalue weighted by Gasteiger charge is 2.20. The summed E-state index contributed by atoms with van der Waals surface area (Å²) in [5, 5.41) is 4.56. The van der Waals surface area contributed by atoms with Crippen LogP contribution >= 0.6 is 11.8 Å². The second-order valence-electron chi connectivity index (χ2n) is 6.53. The van der Waals surface area contributed by atoms with Crippen LogP contribution < -0.4 is 5.32 Å². The van der Waals surface area contributed by atoms with E-state index in [1.165, 1.54) is 62.1 Å². The maximum absolute atomic E-state index is 3.72. The highest BCUT2D eigenvalue weighted by atomic mass is 32.2. The molecular formula is C18H28N2S.